The van der Waals surface area contributed by atoms with Gasteiger partial charge in [0, 0.05) is 24.0 Å². The Hall–Kier alpha value is -2.34. The van der Waals surface area contributed by atoms with E-state index >= 15 is 0 Å². The lowest BCUT2D eigenvalue weighted by atomic mass is 10.1. The van der Waals surface area contributed by atoms with Gasteiger partial charge in [0.2, 0.25) is 5.91 Å². The van der Waals surface area contributed by atoms with Crippen molar-refractivity contribution in [1.29, 1.82) is 0 Å². The fourth-order valence-electron chi connectivity index (χ4n) is 2.25. The van der Waals surface area contributed by atoms with Crippen molar-refractivity contribution in [3.63, 3.8) is 0 Å². The van der Waals surface area contributed by atoms with E-state index in [2.05, 4.69) is 20.6 Å². The zero-order chi connectivity index (χ0) is 14.1. The molecular formula is C14H13FN4O. The van der Waals surface area contributed by atoms with Crippen LogP contribution in [0.1, 0.15) is 23.1 Å². The maximum Gasteiger partial charge on any atom is 0.246 e. The summed E-state index contributed by atoms with van der Waals surface area (Å²) in [6.07, 6.45) is 1.67. The highest BCUT2D eigenvalue weighted by atomic mass is 19.1. The molecule has 5 nitrogen and oxygen atoms in total. The third-order valence-electron chi connectivity index (χ3n) is 3.17. The Morgan fingerprint density at radius 1 is 1.40 bits per heavy atom. The molecule has 1 aromatic carbocycles. The molecular weight excluding hydrogens is 259 g/mol. The number of carbonyl (C=O) groups is 1. The number of nitrogens with one attached hydrogen (secondary N) is 2. The molecule has 1 amide bonds. The number of benzene rings is 1. The minimum atomic E-state index is -0.559. The van der Waals surface area contributed by atoms with Gasteiger partial charge in [-0.2, -0.15) is 0 Å². The molecule has 0 bridgehead atoms. The first-order valence-electron chi connectivity index (χ1n) is 6.26. The lowest BCUT2D eigenvalue weighted by molar-refractivity contribution is -0.117. The van der Waals surface area contributed by atoms with Crippen LogP contribution in [0.25, 0.3) is 0 Å². The van der Waals surface area contributed by atoms with Gasteiger partial charge in [-0.05, 0) is 31.2 Å². The van der Waals surface area contributed by atoms with Crippen molar-refractivity contribution in [1.82, 2.24) is 15.3 Å². The largest absolute Gasteiger partial charge is 0.324 e. The lowest BCUT2D eigenvalue weighted by Gasteiger charge is -2.11. The molecule has 20 heavy (non-hydrogen) atoms. The van der Waals surface area contributed by atoms with Gasteiger partial charge in [0.25, 0.3) is 0 Å². The molecule has 1 atom stereocenters. The number of carbonyl (C=O) groups excluding carboxylic acids is 1. The summed E-state index contributed by atoms with van der Waals surface area (Å²) in [5.41, 5.74) is 2.06. The van der Waals surface area contributed by atoms with Crippen LogP contribution in [0.2, 0.25) is 0 Å². The second kappa shape index (κ2) is 4.97. The average molecular weight is 272 g/mol. The van der Waals surface area contributed by atoms with Crippen molar-refractivity contribution in [2.75, 3.05) is 5.32 Å². The van der Waals surface area contributed by atoms with Crippen molar-refractivity contribution in [3.8, 4) is 0 Å². The van der Waals surface area contributed by atoms with Gasteiger partial charge in [-0.15, -0.1) is 0 Å². The van der Waals surface area contributed by atoms with E-state index in [-0.39, 0.29) is 11.7 Å². The van der Waals surface area contributed by atoms with Gasteiger partial charge in [0.1, 0.15) is 17.7 Å². The van der Waals surface area contributed by atoms with E-state index in [1.165, 1.54) is 12.1 Å². The summed E-state index contributed by atoms with van der Waals surface area (Å²) < 4.78 is 13.3. The van der Waals surface area contributed by atoms with Crippen LogP contribution < -0.4 is 10.6 Å². The third-order valence-corrected chi connectivity index (χ3v) is 3.17. The van der Waals surface area contributed by atoms with Gasteiger partial charge < -0.3 is 5.32 Å². The number of fused-ring (bicyclic) bond motifs is 1. The van der Waals surface area contributed by atoms with Gasteiger partial charge in [0.05, 0.1) is 5.69 Å². The van der Waals surface area contributed by atoms with Crippen molar-refractivity contribution < 1.29 is 9.18 Å². The number of halogens is 1. The molecule has 1 aliphatic rings. The lowest BCUT2D eigenvalue weighted by Crippen LogP contribution is -2.27. The van der Waals surface area contributed by atoms with E-state index in [1.807, 2.05) is 0 Å². The summed E-state index contributed by atoms with van der Waals surface area (Å²) in [6, 6.07) is 5.49. The number of nitrogens with zero attached hydrogens (tertiary/aromatic N) is 2. The van der Waals surface area contributed by atoms with Crippen molar-refractivity contribution >= 4 is 11.6 Å². The van der Waals surface area contributed by atoms with Crippen LogP contribution in [0.3, 0.4) is 0 Å². The Kier molecular flexibility index (Phi) is 3.15. The van der Waals surface area contributed by atoms with Crippen LogP contribution in [-0.2, 0) is 11.3 Å². The Bertz CT molecular complexity index is 674. The first kappa shape index (κ1) is 12.7. The van der Waals surface area contributed by atoms with Gasteiger partial charge >= 0.3 is 0 Å². The smallest absolute Gasteiger partial charge is 0.246 e. The second-order valence-corrected chi connectivity index (χ2v) is 4.63. The van der Waals surface area contributed by atoms with E-state index in [4.69, 9.17) is 0 Å². The van der Waals surface area contributed by atoms with Crippen LogP contribution in [0.4, 0.5) is 10.1 Å². The Labute approximate surface area is 115 Å². The number of anilines is 1. The highest BCUT2D eigenvalue weighted by Gasteiger charge is 2.30. The first-order chi connectivity index (χ1) is 9.63. The monoisotopic (exact) mass is 272 g/mol. The van der Waals surface area contributed by atoms with E-state index < -0.39 is 6.04 Å². The molecule has 0 spiro atoms. The number of aromatic nitrogens is 2. The maximum absolute atomic E-state index is 13.3. The normalized spacial score (nSPS) is 16.9. The SMILES string of the molecule is Cc1nccc(CNC2C(=O)Nc3ccc(F)cc32)n1. The molecule has 1 unspecified atom stereocenters. The van der Waals surface area contributed by atoms with Crippen LogP contribution in [-0.4, -0.2) is 15.9 Å². The van der Waals surface area contributed by atoms with E-state index in [9.17, 15) is 9.18 Å². The number of aryl methyl sites for hydroxylation is 1. The van der Waals surface area contributed by atoms with Gasteiger partial charge in [-0.3, -0.25) is 10.1 Å². The fourth-order valence-corrected chi connectivity index (χ4v) is 2.25. The van der Waals surface area contributed by atoms with Gasteiger partial charge in [0.15, 0.2) is 0 Å². The van der Waals surface area contributed by atoms with Crippen molar-refractivity contribution in [2.24, 2.45) is 0 Å². The molecule has 0 fully saturated rings. The van der Waals surface area contributed by atoms with Crippen LogP contribution in [0.15, 0.2) is 30.5 Å². The molecule has 102 valence electrons. The molecule has 0 saturated heterocycles. The number of hydrogen-bond acceptors (Lipinski definition) is 4. The first-order valence-corrected chi connectivity index (χ1v) is 6.26. The number of hydrogen-bond donors (Lipinski definition) is 2. The summed E-state index contributed by atoms with van der Waals surface area (Å²) in [5, 5.41) is 5.81. The van der Waals surface area contributed by atoms with E-state index in [0.29, 0.717) is 23.6 Å². The molecule has 1 aromatic heterocycles. The average Bonchev–Trinajstić information content (AvgIpc) is 2.72. The standard InChI is InChI=1S/C14H13FN4O/c1-8-16-5-4-10(18-8)7-17-13-11-6-9(15)2-3-12(11)19-14(13)20/h2-6,13,17H,7H2,1H3,(H,19,20). The summed E-state index contributed by atoms with van der Waals surface area (Å²) in [7, 11) is 0. The van der Waals surface area contributed by atoms with Crippen molar-refractivity contribution in [2.45, 2.75) is 19.5 Å². The van der Waals surface area contributed by atoms with Gasteiger partial charge in [-0.1, -0.05) is 0 Å². The highest BCUT2D eigenvalue weighted by molar-refractivity contribution is 6.02. The predicted molar refractivity (Wildman–Crippen MR) is 71.4 cm³/mol. The molecule has 2 N–H and O–H groups in total. The van der Waals surface area contributed by atoms with Crippen molar-refractivity contribution in [3.05, 3.63) is 53.4 Å². The molecule has 0 saturated carbocycles. The van der Waals surface area contributed by atoms with Gasteiger partial charge in [-0.25, -0.2) is 14.4 Å². The number of rotatable bonds is 3. The molecule has 2 aromatic rings. The Balaban J connectivity index is 1.78. The summed E-state index contributed by atoms with van der Waals surface area (Å²) in [4.78, 5) is 20.2. The zero-order valence-corrected chi connectivity index (χ0v) is 10.9. The maximum atomic E-state index is 13.3. The molecule has 2 heterocycles. The quantitative estimate of drug-likeness (QED) is 0.892. The van der Waals surface area contributed by atoms with E-state index in [0.717, 1.165) is 5.69 Å². The minimum absolute atomic E-state index is 0.184. The fraction of sp³-hybridized carbons (Fsp3) is 0.214. The topological polar surface area (TPSA) is 66.9 Å². The minimum Gasteiger partial charge on any atom is -0.324 e. The second-order valence-electron chi connectivity index (χ2n) is 4.63. The zero-order valence-electron chi connectivity index (χ0n) is 10.9. The summed E-state index contributed by atoms with van der Waals surface area (Å²) in [5.74, 6) is 0.132. The van der Waals surface area contributed by atoms with Crippen LogP contribution >= 0.6 is 0 Å². The summed E-state index contributed by atoms with van der Waals surface area (Å²) >= 11 is 0. The molecule has 6 heteroatoms. The predicted octanol–water partition coefficient (Wildman–Crippen LogP) is 1.71. The van der Waals surface area contributed by atoms with Crippen LogP contribution in [0.5, 0.6) is 0 Å². The molecule has 1 aliphatic heterocycles. The van der Waals surface area contributed by atoms with Crippen LogP contribution in [0, 0.1) is 12.7 Å². The summed E-state index contributed by atoms with van der Waals surface area (Å²) in [6.45, 7) is 2.22. The molecule has 0 radical (unpaired) electrons. The van der Waals surface area contributed by atoms with E-state index in [1.54, 1.807) is 25.3 Å². The molecule has 3 rings (SSSR count). The highest BCUT2D eigenvalue weighted by Crippen LogP contribution is 2.31. The number of amides is 1. The molecule has 0 aliphatic carbocycles. The Morgan fingerprint density at radius 2 is 2.25 bits per heavy atom. The third kappa shape index (κ3) is 2.37. The Morgan fingerprint density at radius 3 is 3.05 bits per heavy atom.